The Morgan fingerprint density at radius 2 is 1.57 bits per heavy atom. The predicted octanol–water partition coefficient (Wildman–Crippen LogP) is 6.51. The van der Waals surface area contributed by atoms with Crippen molar-refractivity contribution in [3.8, 4) is 17.2 Å². The van der Waals surface area contributed by atoms with E-state index in [1.807, 2.05) is 18.2 Å². The Bertz CT molecular complexity index is 1950. The van der Waals surface area contributed by atoms with E-state index in [-0.39, 0.29) is 32.1 Å². The van der Waals surface area contributed by atoms with Crippen molar-refractivity contribution in [2.75, 3.05) is 25.3 Å². The number of aliphatic hydroxyl groups excluding tert-OH is 1. The fourth-order valence-corrected chi connectivity index (χ4v) is 5.75. The number of aliphatic hydroxyl groups is 1. The lowest BCUT2D eigenvalue weighted by Gasteiger charge is -2.35. The molecule has 0 unspecified atom stereocenters. The van der Waals surface area contributed by atoms with Crippen molar-refractivity contribution < 1.29 is 52.8 Å². The van der Waals surface area contributed by atoms with Crippen molar-refractivity contribution in [1.29, 1.82) is 0 Å². The van der Waals surface area contributed by atoms with Crippen LogP contribution in [0.3, 0.4) is 0 Å². The minimum Gasteiger partial charge on any atom is -0.503 e. The molecule has 0 bridgehead atoms. The molecule has 13 nitrogen and oxygen atoms in total. The summed E-state index contributed by atoms with van der Waals surface area (Å²) in [5.74, 6) is -3.61. The average molecular weight is 727 g/mol. The van der Waals surface area contributed by atoms with Gasteiger partial charge >= 0.3 is 11.9 Å². The topological polar surface area (TPSA) is 174 Å². The number of fused-ring (bicyclic) bond motifs is 1. The van der Waals surface area contributed by atoms with Crippen LogP contribution in [-0.2, 0) is 25.5 Å². The third-order valence-electron chi connectivity index (χ3n) is 8.30. The van der Waals surface area contributed by atoms with Crippen molar-refractivity contribution in [3.05, 3.63) is 119 Å². The van der Waals surface area contributed by atoms with E-state index < -0.39 is 59.1 Å². The van der Waals surface area contributed by atoms with Crippen LogP contribution in [-0.4, -0.2) is 70.5 Å². The molecule has 53 heavy (non-hydrogen) atoms. The van der Waals surface area contributed by atoms with Gasteiger partial charge in [0.05, 0.1) is 18.5 Å². The van der Waals surface area contributed by atoms with Crippen molar-refractivity contribution >= 4 is 29.4 Å². The third-order valence-corrected chi connectivity index (χ3v) is 8.30. The van der Waals surface area contributed by atoms with Crippen LogP contribution >= 0.6 is 0 Å². The maximum absolute atomic E-state index is 14.3. The second kappa shape index (κ2) is 16.9. The molecular weight excluding hydrogens is 684 g/mol. The number of carboxylic acids is 1. The van der Waals surface area contributed by atoms with Gasteiger partial charge in [0.25, 0.3) is 11.8 Å². The van der Waals surface area contributed by atoms with Gasteiger partial charge in [-0.25, -0.2) is 4.79 Å². The van der Waals surface area contributed by atoms with E-state index in [2.05, 4.69) is 5.32 Å². The number of esters is 1. The molecule has 0 fully saturated rings. The van der Waals surface area contributed by atoms with Crippen LogP contribution in [0.5, 0.6) is 17.2 Å². The fourth-order valence-electron chi connectivity index (χ4n) is 5.75. The number of rotatable bonds is 15. The highest BCUT2D eigenvalue weighted by Crippen LogP contribution is 2.38. The van der Waals surface area contributed by atoms with Gasteiger partial charge in [-0.05, 0) is 81.8 Å². The largest absolute Gasteiger partial charge is 0.503 e. The molecule has 1 aliphatic heterocycles. The monoisotopic (exact) mass is 726 g/mol. The Kier molecular flexibility index (Phi) is 12.1. The minimum absolute atomic E-state index is 0.0213. The van der Waals surface area contributed by atoms with E-state index in [1.54, 1.807) is 100 Å². The number of para-hydroxylation sites is 2. The first-order chi connectivity index (χ1) is 25.3. The van der Waals surface area contributed by atoms with Crippen LogP contribution in [0, 0.1) is 0 Å². The number of benzene rings is 3. The summed E-state index contributed by atoms with van der Waals surface area (Å²) in [6.45, 7) is 6.42. The summed E-state index contributed by atoms with van der Waals surface area (Å²) in [5, 5.41) is 23.8. The van der Waals surface area contributed by atoms with Gasteiger partial charge < -0.3 is 43.8 Å². The molecule has 13 heteroatoms. The minimum atomic E-state index is -1.44. The molecule has 1 aromatic heterocycles. The number of ether oxygens (including phenoxy) is 4. The number of aliphatic carboxylic acids is 1. The Labute approximate surface area is 306 Å². The number of hydrogen-bond donors (Lipinski definition) is 3. The number of carbonyl (C=O) groups excluding carboxylic acids is 3. The molecule has 0 radical (unpaired) electrons. The van der Waals surface area contributed by atoms with Crippen LogP contribution in [0.2, 0.25) is 0 Å². The molecule has 2 heterocycles. The van der Waals surface area contributed by atoms with Crippen molar-refractivity contribution in [2.45, 2.75) is 58.1 Å². The summed E-state index contributed by atoms with van der Waals surface area (Å²) in [6, 6.07) is 25.6. The van der Waals surface area contributed by atoms with Crippen LogP contribution in [0.4, 0.5) is 5.69 Å². The lowest BCUT2D eigenvalue weighted by atomic mass is 9.87. The van der Waals surface area contributed by atoms with E-state index in [0.717, 1.165) is 0 Å². The summed E-state index contributed by atoms with van der Waals surface area (Å²) >= 11 is 0. The number of nitrogens with one attached hydrogen (secondary N) is 1. The summed E-state index contributed by atoms with van der Waals surface area (Å²) in [6.07, 6.45) is -0.789. The van der Waals surface area contributed by atoms with Crippen LogP contribution in [0.25, 0.3) is 0 Å². The zero-order chi connectivity index (χ0) is 38.1. The summed E-state index contributed by atoms with van der Waals surface area (Å²) in [7, 11) is 0. The van der Waals surface area contributed by atoms with E-state index in [4.69, 9.17) is 23.4 Å². The molecule has 1 aliphatic rings. The number of anilines is 1. The number of carbonyl (C=O) groups is 4. The maximum atomic E-state index is 14.3. The van der Waals surface area contributed by atoms with E-state index in [1.165, 1.54) is 4.90 Å². The Morgan fingerprint density at radius 3 is 2.25 bits per heavy atom. The predicted molar refractivity (Wildman–Crippen MR) is 193 cm³/mol. The first kappa shape index (κ1) is 38.0. The van der Waals surface area contributed by atoms with Crippen molar-refractivity contribution in [3.63, 3.8) is 0 Å². The van der Waals surface area contributed by atoms with E-state index in [9.17, 15) is 29.4 Å². The highest BCUT2D eigenvalue weighted by molar-refractivity contribution is 6.03. The molecule has 3 aromatic carbocycles. The fraction of sp³-hybridized carbons (Fsp3) is 0.300. The molecule has 5 rings (SSSR count). The first-order valence-corrected chi connectivity index (χ1v) is 17.0. The number of amides is 2. The normalized spacial score (nSPS) is 13.7. The van der Waals surface area contributed by atoms with Crippen molar-refractivity contribution in [1.82, 2.24) is 4.90 Å². The zero-order valence-corrected chi connectivity index (χ0v) is 29.9. The van der Waals surface area contributed by atoms with Gasteiger partial charge in [-0.3, -0.25) is 14.4 Å². The zero-order valence-electron chi connectivity index (χ0n) is 29.9. The lowest BCUT2D eigenvalue weighted by Crippen LogP contribution is -2.46. The molecule has 3 N–H and O–H groups in total. The van der Waals surface area contributed by atoms with Gasteiger partial charge in [0.1, 0.15) is 23.7 Å². The van der Waals surface area contributed by atoms with E-state index >= 15 is 0 Å². The van der Waals surface area contributed by atoms with Crippen molar-refractivity contribution in [2.24, 2.45) is 0 Å². The molecule has 0 saturated carbocycles. The standard InChI is InChI=1S/C40H42N2O11/c1-25(42(19-20-49-28-13-9-6-10-14-28)38(47)36(45)31(23-35(43)44)39(48)53-40(2,3)4)30(26-15-17-32-34(21-26)51-24-50-32)22-29-16-18-33(52-29)37(46)41-27-11-7-5-8-12-27/h5-18,21,25,30,45H,19-20,22-24H2,1-4H3,(H,41,46)(H,43,44)/t25-,30+/m1/s1. The molecule has 278 valence electrons. The Balaban J connectivity index is 1.51. The maximum Gasteiger partial charge on any atom is 0.339 e. The number of hydrogen-bond acceptors (Lipinski definition) is 10. The third kappa shape index (κ3) is 10.2. The van der Waals surface area contributed by atoms with Gasteiger partial charge in [0.15, 0.2) is 23.0 Å². The van der Waals surface area contributed by atoms with Gasteiger partial charge in [0, 0.05) is 24.1 Å². The number of furan rings is 1. The van der Waals surface area contributed by atoms with Gasteiger partial charge in [-0.2, -0.15) is 0 Å². The lowest BCUT2D eigenvalue weighted by molar-refractivity contribution is -0.152. The molecule has 4 aromatic rings. The summed E-state index contributed by atoms with van der Waals surface area (Å²) in [5.41, 5.74) is -0.434. The highest BCUT2D eigenvalue weighted by Gasteiger charge is 2.35. The molecular formula is C40H42N2O11. The average Bonchev–Trinajstić information content (AvgIpc) is 3.80. The van der Waals surface area contributed by atoms with Crippen LogP contribution in [0.1, 0.15) is 61.9 Å². The molecule has 2 atom stereocenters. The quantitative estimate of drug-likeness (QED) is 0.0692. The van der Waals surface area contributed by atoms with Crippen LogP contribution in [0.15, 0.2) is 107 Å². The van der Waals surface area contributed by atoms with Gasteiger partial charge in [0.2, 0.25) is 6.79 Å². The van der Waals surface area contributed by atoms with Crippen LogP contribution < -0.4 is 19.5 Å². The smallest absolute Gasteiger partial charge is 0.339 e. The highest BCUT2D eigenvalue weighted by atomic mass is 16.7. The molecule has 0 aliphatic carbocycles. The van der Waals surface area contributed by atoms with Gasteiger partial charge in [-0.15, -0.1) is 0 Å². The van der Waals surface area contributed by atoms with Gasteiger partial charge in [-0.1, -0.05) is 42.5 Å². The Hall–Kier alpha value is -6.24. The van der Waals surface area contributed by atoms with E-state index in [0.29, 0.717) is 34.3 Å². The molecule has 0 spiro atoms. The molecule has 2 amide bonds. The number of nitrogens with zero attached hydrogens (tertiary/aromatic N) is 1. The summed E-state index contributed by atoms with van der Waals surface area (Å²) in [4.78, 5) is 53.6. The summed E-state index contributed by atoms with van der Waals surface area (Å²) < 4.78 is 28.5. The SMILES string of the molecule is C[C@H]([C@H](Cc1ccc(C(=O)Nc2ccccc2)o1)c1ccc2c(c1)OCO2)N(CCOc1ccccc1)C(=O)C(O)=C(CC(=O)O)C(=O)OC(C)(C)C. The second-order valence-corrected chi connectivity index (χ2v) is 13.3. The second-order valence-electron chi connectivity index (χ2n) is 13.3. The number of carboxylic acid groups (broad SMARTS) is 1. The Morgan fingerprint density at radius 1 is 0.887 bits per heavy atom. The molecule has 0 saturated heterocycles. The first-order valence-electron chi connectivity index (χ1n) is 17.0.